The fourth-order valence-corrected chi connectivity index (χ4v) is 10.2. The third-order valence-corrected chi connectivity index (χ3v) is 14.9. The monoisotopic (exact) mass is 1090 g/mol. The molecule has 8 bridgehead atoms. The Hall–Kier alpha value is -7.85. The highest BCUT2D eigenvalue weighted by Gasteiger charge is 2.29. The van der Waals surface area contributed by atoms with Crippen LogP contribution in [0.2, 0.25) is 0 Å². The maximum Gasteiger partial charge on any atom is 0.153 e. The minimum Gasteiger partial charge on any atom is -0.507 e. The van der Waals surface area contributed by atoms with E-state index in [9.17, 15) is 19.5 Å². The van der Waals surface area contributed by atoms with Gasteiger partial charge in [0.1, 0.15) is 79.9 Å². The Kier molecular flexibility index (Phi) is 18.2. The number of fused-ring (bicyclic) bond motifs is 8. The Balaban J connectivity index is 1.37. The van der Waals surface area contributed by atoms with Crippen LogP contribution in [-0.4, -0.2) is 63.6 Å². The highest BCUT2D eigenvalue weighted by Crippen LogP contribution is 2.44. The zero-order valence-corrected chi connectivity index (χ0v) is 49.5. The van der Waals surface area contributed by atoms with Crippen molar-refractivity contribution in [2.75, 3.05) is 39.6 Å². The largest absolute Gasteiger partial charge is 0.507 e. The summed E-state index contributed by atoms with van der Waals surface area (Å²) in [6.45, 7) is 27.5. The number of para-hydroxylation sites is 3. The van der Waals surface area contributed by atoms with Gasteiger partial charge in [0.2, 0.25) is 0 Å². The average Bonchev–Trinajstić information content (AvgIpc) is 3.58. The molecular weight excluding hydrogens is 1010 g/mol. The smallest absolute Gasteiger partial charge is 0.153 e. The lowest BCUT2D eigenvalue weighted by molar-refractivity contribution is 0.111. The van der Waals surface area contributed by atoms with E-state index in [1.54, 1.807) is 36.4 Å². The molecule has 1 aliphatic rings. The SMILES string of the molecule is CC(C)(C)c1cc2c(O)c(c1)Cc1cc(C(C)(C)C)cc(c1OCCOc1ccccc1C=O)Cc1cc(C(C)(C)C)cc(c1OCCOc1ccccc1C=O)Cc1cc(C(C)(C)C)cc(c1OCCOc1ccccc1C=O)C2. The van der Waals surface area contributed by atoms with E-state index in [-0.39, 0.29) is 67.1 Å². The molecule has 81 heavy (non-hydrogen) atoms. The van der Waals surface area contributed by atoms with Crippen molar-refractivity contribution in [1.82, 2.24) is 0 Å². The van der Waals surface area contributed by atoms with Gasteiger partial charge < -0.3 is 33.5 Å². The Morgan fingerprint density at radius 1 is 0.333 bits per heavy atom. The molecule has 10 nitrogen and oxygen atoms in total. The van der Waals surface area contributed by atoms with Crippen molar-refractivity contribution in [3.63, 3.8) is 0 Å². The molecule has 0 spiro atoms. The van der Waals surface area contributed by atoms with Crippen molar-refractivity contribution in [2.45, 2.75) is 130 Å². The van der Waals surface area contributed by atoms with Gasteiger partial charge in [0.15, 0.2) is 18.9 Å². The average molecular weight is 1090 g/mol. The van der Waals surface area contributed by atoms with E-state index in [0.29, 0.717) is 76.9 Å². The highest BCUT2D eigenvalue weighted by molar-refractivity contribution is 5.80. The first kappa shape index (κ1) is 59.3. The van der Waals surface area contributed by atoms with Crippen molar-refractivity contribution in [3.05, 3.63) is 205 Å². The van der Waals surface area contributed by atoms with Gasteiger partial charge in [-0.3, -0.25) is 14.4 Å². The van der Waals surface area contributed by atoms with Crippen LogP contribution in [0.15, 0.2) is 121 Å². The van der Waals surface area contributed by atoms with Crippen molar-refractivity contribution in [1.29, 1.82) is 0 Å². The van der Waals surface area contributed by atoms with Crippen LogP contribution in [0.5, 0.6) is 40.2 Å². The molecule has 0 unspecified atom stereocenters. The van der Waals surface area contributed by atoms with Gasteiger partial charge in [-0.15, -0.1) is 0 Å². The molecule has 0 saturated heterocycles. The van der Waals surface area contributed by atoms with E-state index in [2.05, 4.69) is 132 Å². The summed E-state index contributed by atoms with van der Waals surface area (Å²) in [6.07, 6.45) is 3.87. The van der Waals surface area contributed by atoms with Crippen LogP contribution < -0.4 is 28.4 Å². The molecule has 7 aromatic carbocycles. The number of aromatic hydroxyl groups is 1. The predicted molar refractivity (Wildman–Crippen MR) is 322 cm³/mol. The quantitative estimate of drug-likeness (QED) is 0.0655. The van der Waals surface area contributed by atoms with Crippen LogP contribution >= 0.6 is 0 Å². The van der Waals surface area contributed by atoms with E-state index in [0.717, 1.165) is 85.6 Å². The van der Waals surface area contributed by atoms with Crippen LogP contribution in [0.25, 0.3) is 0 Å². The molecule has 0 heterocycles. The van der Waals surface area contributed by atoms with Crippen LogP contribution in [0.4, 0.5) is 0 Å². The Morgan fingerprint density at radius 3 is 0.778 bits per heavy atom. The Labute approximate surface area is 479 Å². The zero-order valence-electron chi connectivity index (χ0n) is 49.5. The van der Waals surface area contributed by atoms with Crippen LogP contribution in [0.1, 0.15) is 181 Å². The number of rotatable bonds is 18. The normalized spacial score (nSPS) is 12.7. The Morgan fingerprint density at radius 2 is 0.543 bits per heavy atom. The third kappa shape index (κ3) is 14.6. The number of aldehydes is 3. The van der Waals surface area contributed by atoms with E-state index in [1.165, 1.54) is 0 Å². The van der Waals surface area contributed by atoms with Gasteiger partial charge in [-0.25, -0.2) is 0 Å². The minimum atomic E-state index is -0.296. The Bertz CT molecular complexity index is 3220. The second-order valence-electron chi connectivity index (χ2n) is 25.3. The molecule has 0 aliphatic heterocycles. The molecule has 0 radical (unpaired) electrons. The van der Waals surface area contributed by atoms with Crippen molar-refractivity contribution >= 4 is 18.9 Å². The maximum atomic E-state index is 12.9. The number of hydrogen-bond acceptors (Lipinski definition) is 10. The summed E-state index contributed by atoms with van der Waals surface area (Å²) in [7, 11) is 0. The van der Waals surface area contributed by atoms with Crippen molar-refractivity contribution in [3.8, 4) is 40.2 Å². The maximum absolute atomic E-state index is 12.9. The molecule has 1 N–H and O–H groups in total. The molecule has 424 valence electrons. The fraction of sp³-hybridized carbons (Fsp3) is 0.366. The zero-order chi connectivity index (χ0) is 58.3. The third-order valence-electron chi connectivity index (χ3n) is 14.9. The van der Waals surface area contributed by atoms with E-state index in [1.807, 2.05) is 36.4 Å². The van der Waals surface area contributed by atoms with Crippen molar-refractivity contribution in [2.24, 2.45) is 0 Å². The van der Waals surface area contributed by atoms with Crippen LogP contribution in [0.3, 0.4) is 0 Å². The highest BCUT2D eigenvalue weighted by atomic mass is 16.5. The summed E-state index contributed by atoms with van der Waals surface area (Å²) in [5, 5.41) is 12.9. The van der Waals surface area contributed by atoms with Crippen LogP contribution in [-0.2, 0) is 47.3 Å². The van der Waals surface area contributed by atoms with Gasteiger partial charge in [-0.05, 0) is 125 Å². The minimum absolute atomic E-state index is 0.165. The molecule has 10 heteroatoms. The van der Waals surface area contributed by atoms with Crippen LogP contribution in [0, 0.1) is 0 Å². The number of hydrogen-bond donors (Lipinski definition) is 1. The van der Waals surface area contributed by atoms with Gasteiger partial charge in [0.25, 0.3) is 0 Å². The number of benzene rings is 7. The summed E-state index contributed by atoms with van der Waals surface area (Å²) in [4.78, 5) is 36.1. The molecule has 0 aromatic heterocycles. The predicted octanol–water partition coefficient (Wildman–Crippen LogP) is 15.1. The topological polar surface area (TPSA) is 127 Å². The molecule has 0 atom stereocenters. The lowest BCUT2D eigenvalue weighted by Gasteiger charge is -2.29. The number of phenols is 1. The molecular formula is C71H80O10. The lowest BCUT2D eigenvalue weighted by Crippen LogP contribution is -2.19. The molecule has 1 aliphatic carbocycles. The van der Waals surface area contributed by atoms with Gasteiger partial charge in [-0.2, -0.15) is 0 Å². The van der Waals surface area contributed by atoms with Gasteiger partial charge in [0, 0.05) is 25.7 Å². The molecule has 0 saturated carbocycles. The molecule has 0 fully saturated rings. The summed E-state index contributed by atoms with van der Waals surface area (Å²) in [5.74, 6) is 3.70. The lowest BCUT2D eigenvalue weighted by atomic mass is 9.79. The fourth-order valence-electron chi connectivity index (χ4n) is 10.2. The number of ether oxygens (including phenoxy) is 6. The summed E-state index contributed by atoms with van der Waals surface area (Å²) in [6, 6.07) is 39.2. The van der Waals surface area contributed by atoms with Crippen molar-refractivity contribution < 1.29 is 47.9 Å². The van der Waals surface area contributed by atoms with E-state index < -0.39 is 0 Å². The first-order valence-corrected chi connectivity index (χ1v) is 28.2. The molecule has 7 aromatic rings. The summed E-state index contributed by atoms with van der Waals surface area (Å²) < 4.78 is 39.8. The van der Waals surface area contributed by atoms with Gasteiger partial charge in [0.05, 0.1) is 16.7 Å². The van der Waals surface area contributed by atoms with E-state index >= 15 is 0 Å². The first-order valence-electron chi connectivity index (χ1n) is 28.2. The number of carbonyl (C=O) groups is 3. The second-order valence-corrected chi connectivity index (χ2v) is 25.3. The first-order chi connectivity index (χ1) is 38.4. The number of phenolic OH excluding ortho intramolecular Hbond substituents is 1. The molecule has 0 amide bonds. The van der Waals surface area contributed by atoms with E-state index in [4.69, 9.17) is 28.4 Å². The number of carbonyl (C=O) groups excluding carboxylic acids is 3. The molecule has 8 rings (SSSR count). The van der Waals surface area contributed by atoms with Gasteiger partial charge in [-0.1, -0.05) is 168 Å². The summed E-state index contributed by atoms with van der Waals surface area (Å²) >= 11 is 0. The van der Waals surface area contributed by atoms with Gasteiger partial charge >= 0.3 is 0 Å². The summed E-state index contributed by atoms with van der Waals surface area (Å²) in [5.41, 5.74) is 11.7. The second kappa shape index (κ2) is 24.9. The standard InChI is InChI=1S/C71H80O10/c1-68(2,3)57-35-49-31-51-37-58(69(4,5)6)39-53(65(51)79-28-25-76-61-22-16-13-19-46(61)43-72)33-55-41-60(71(10,11)12)42-56(67(55)81-30-27-78-63-24-18-15-21-48(63)45-74)34-54-40-59(70(7,8)9)38-52(32-50(36-57)64(49)75)66(54)80-29-26-77-62-23-17-14-20-47(62)44-73/h13-24,35-45,75H,25-34H2,1-12H3.